The Labute approximate surface area is 207 Å². The molecule has 0 unspecified atom stereocenters. The molecule has 0 aliphatic heterocycles. The maximum atomic E-state index is 11.8. The van der Waals surface area contributed by atoms with Crippen LogP contribution in [0, 0.1) is 0 Å². The van der Waals surface area contributed by atoms with Crippen molar-refractivity contribution >= 4 is 55.3 Å². The van der Waals surface area contributed by atoms with Crippen LogP contribution in [0.4, 0.5) is 17.5 Å². The molecule has 34 heavy (non-hydrogen) atoms. The number of hydrogen-bond donors (Lipinski definition) is 4. The molecule has 5 N–H and O–H groups in total. The number of carbonyl (C=O) groups excluding carboxylic acids is 2. The number of carbonyl (C=O) groups is 2. The number of benzene rings is 1. The number of nitrogens with zero attached hydrogens (tertiary/aromatic N) is 2. The number of esters is 1. The summed E-state index contributed by atoms with van der Waals surface area (Å²) >= 11 is 3.41. The molecule has 1 aromatic carbocycles. The van der Waals surface area contributed by atoms with Crippen LogP contribution in [0.1, 0.15) is 38.5 Å². The molecule has 2 aromatic rings. The predicted octanol–water partition coefficient (Wildman–Crippen LogP) is 2.67. The summed E-state index contributed by atoms with van der Waals surface area (Å²) in [6, 6.07) is 5.96. The average Bonchev–Trinajstić information content (AvgIpc) is 2.80. The highest BCUT2D eigenvalue weighted by Gasteiger charge is 2.09. The maximum Gasteiger partial charge on any atom is 0.305 e. The minimum absolute atomic E-state index is 0.0215. The van der Waals surface area contributed by atoms with E-state index in [9.17, 15) is 18.0 Å². The number of aromatic nitrogens is 2. The van der Waals surface area contributed by atoms with Gasteiger partial charge in [-0.25, -0.2) is 18.5 Å². The normalized spacial score (nSPS) is 11.0. The number of nitrogens with one attached hydrogen (secondary N) is 3. The van der Waals surface area contributed by atoms with E-state index in [1.165, 1.54) is 19.2 Å². The van der Waals surface area contributed by atoms with Crippen molar-refractivity contribution in [1.82, 2.24) is 15.3 Å². The van der Waals surface area contributed by atoms with Gasteiger partial charge >= 0.3 is 5.97 Å². The van der Waals surface area contributed by atoms with Crippen LogP contribution in [0.3, 0.4) is 0 Å². The quantitative estimate of drug-likeness (QED) is 0.202. The van der Waals surface area contributed by atoms with Gasteiger partial charge in [0.2, 0.25) is 21.9 Å². The first kappa shape index (κ1) is 27.5. The van der Waals surface area contributed by atoms with Gasteiger partial charge in [-0.15, -0.1) is 0 Å². The molecule has 0 radical (unpaired) electrons. The fourth-order valence-electron chi connectivity index (χ4n) is 2.85. The summed E-state index contributed by atoms with van der Waals surface area (Å²) in [5.41, 5.74) is 0.615. The standard InChI is InChI=1S/C21H29BrN6O5S/c1-33-19(30)7-5-13-24-18(29)6-3-2-4-12-25-20-17(22)14-26-21(28-20)27-15-8-10-16(11-9-15)34(23,31)32/h8-11,14H,2-7,12-13H2,1H3,(H,24,29)(H2,23,31,32)(H2,25,26,27,28). The molecule has 1 heterocycles. The van der Waals surface area contributed by atoms with Gasteiger partial charge in [0, 0.05) is 37.8 Å². The fraction of sp³-hybridized carbons (Fsp3) is 0.429. The molecule has 0 fully saturated rings. The summed E-state index contributed by atoms with van der Waals surface area (Å²) in [6.45, 7) is 1.13. The third-order valence-corrected chi connectivity index (χ3v) is 6.17. The number of rotatable bonds is 14. The minimum Gasteiger partial charge on any atom is -0.469 e. The van der Waals surface area contributed by atoms with E-state index in [4.69, 9.17) is 5.14 Å². The average molecular weight is 557 g/mol. The Balaban J connectivity index is 1.70. The molecule has 0 saturated carbocycles. The number of anilines is 3. The number of primary sulfonamides is 1. The Morgan fingerprint density at radius 1 is 1.06 bits per heavy atom. The Morgan fingerprint density at radius 3 is 2.47 bits per heavy atom. The van der Waals surface area contributed by atoms with Crippen molar-refractivity contribution in [3.05, 3.63) is 34.9 Å². The van der Waals surface area contributed by atoms with E-state index in [1.54, 1.807) is 18.3 Å². The van der Waals surface area contributed by atoms with Crippen LogP contribution in [0.5, 0.6) is 0 Å². The second-order valence-electron chi connectivity index (χ2n) is 7.35. The van der Waals surface area contributed by atoms with Crippen LogP contribution in [-0.2, 0) is 24.3 Å². The first-order chi connectivity index (χ1) is 16.2. The van der Waals surface area contributed by atoms with Gasteiger partial charge in [-0.3, -0.25) is 9.59 Å². The molecule has 1 amide bonds. The lowest BCUT2D eigenvalue weighted by molar-refractivity contribution is -0.140. The lowest BCUT2D eigenvalue weighted by Crippen LogP contribution is -2.24. The number of ether oxygens (including phenoxy) is 1. The van der Waals surface area contributed by atoms with Gasteiger partial charge in [0.25, 0.3) is 0 Å². The number of hydrogen-bond acceptors (Lipinski definition) is 9. The number of methoxy groups -OCH3 is 1. The highest BCUT2D eigenvalue weighted by molar-refractivity contribution is 9.10. The lowest BCUT2D eigenvalue weighted by Gasteiger charge is -2.10. The van der Waals surface area contributed by atoms with Gasteiger partial charge in [0.05, 0.1) is 16.5 Å². The van der Waals surface area contributed by atoms with Crippen molar-refractivity contribution in [3.8, 4) is 0 Å². The molecule has 0 atom stereocenters. The van der Waals surface area contributed by atoms with Gasteiger partial charge in [-0.2, -0.15) is 4.98 Å². The van der Waals surface area contributed by atoms with Gasteiger partial charge in [0.1, 0.15) is 5.82 Å². The Hall–Kier alpha value is -2.77. The molecular formula is C21H29BrN6O5S. The van der Waals surface area contributed by atoms with Crippen LogP contribution in [0.15, 0.2) is 39.8 Å². The van der Waals surface area contributed by atoms with Gasteiger partial charge < -0.3 is 20.7 Å². The largest absolute Gasteiger partial charge is 0.469 e. The smallest absolute Gasteiger partial charge is 0.305 e. The van der Waals surface area contributed by atoms with E-state index in [0.29, 0.717) is 54.3 Å². The molecule has 13 heteroatoms. The lowest BCUT2D eigenvalue weighted by atomic mass is 10.2. The van der Waals surface area contributed by atoms with E-state index < -0.39 is 10.0 Å². The Morgan fingerprint density at radius 2 is 1.79 bits per heavy atom. The number of nitrogens with two attached hydrogens (primary N) is 1. The van der Waals surface area contributed by atoms with E-state index in [1.807, 2.05) is 0 Å². The summed E-state index contributed by atoms with van der Waals surface area (Å²) in [7, 11) is -2.41. The molecule has 0 aliphatic rings. The minimum atomic E-state index is -3.75. The van der Waals surface area contributed by atoms with E-state index in [-0.39, 0.29) is 16.8 Å². The zero-order valence-electron chi connectivity index (χ0n) is 18.8. The molecule has 0 saturated heterocycles. The topological polar surface area (TPSA) is 165 Å². The molecule has 0 bridgehead atoms. The molecule has 1 aromatic heterocycles. The van der Waals surface area contributed by atoms with Gasteiger partial charge in [-0.1, -0.05) is 6.42 Å². The van der Waals surface area contributed by atoms with Crippen molar-refractivity contribution < 1.29 is 22.7 Å². The second kappa shape index (κ2) is 13.8. The van der Waals surface area contributed by atoms with Crippen molar-refractivity contribution in [2.75, 3.05) is 30.8 Å². The highest BCUT2D eigenvalue weighted by Crippen LogP contribution is 2.22. The summed E-state index contributed by atoms with van der Waals surface area (Å²) in [5.74, 6) is 0.655. The van der Waals surface area contributed by atoms with Crippen molar-refractivity contribution in [2.24, 2.45) is 5.14 Å². The zero-order valence-corrected chi connectivity index (χ0v) is 21.2. The van der Waals surface area contributed by atoms with Crippen LogP contribution >= 0.6 is 15.9 Å². The van der Waals surface area contributed by atoms with E-state index in [0.717, 1.165) is 19.3 Å². The first-order valence-corrected chi connectivity index (χ1v) is 13.0. The molecular weight excluding hydrogens is 528 g/mol. The van der Waals surface area contributed by atoms with Crippen molar-refractivity contribution in [3.63, 3.8) is 0 Å². The van der Waals surface area contributed by atoms with Crippen molar-refractivity contribution in [2.45, 2.75) is 43.4 Å². The van der Waals surface area contributed by atoms with Crippen LogP contribution in [-0.4, -0.2) is 50.5 Å². The molecule has 186 valence electrons. The van der Waals surface area contributed by atoms with Crippen molar-refractivity contribution in [1.29, 1.82) is 0 Å². The second-order valence-corrected chi connectivity index (χ2v) is 9.77. The zero-order chi connectivity index (χ0) is 25.0. The predicted molar refractivity (Wildman–Crippen MR) is 132 cm³/mol. The summed E-state index contributed by atoms with van der Waals surface area (Å²) < 4.78 is 28.0. The SMILES string of the molecule is COC(=O)CCCNC(=O)CCCCCNc1nc(Nc2ccc(S(N)(=O)=O)cc2)ncc1Br. The van der Waals surface area contributed by atoms with E-state index in [2.05, 4.69) is 46.6 Å². The number of halogens is 1. The molecule has 0 spiro atoms. The number of sulfonamides is 1. The molecule has 11 nitrogen and oxygen atoms in total. The molecule has 0 aliphatic carbocycles. The third-order valence-electron chi connectivity index (χ3n) is 4.66. The summed E-state index contributed by atoms with van der Waals surface area (Å²) in [5, 5.41) is 14.2. The number of unbranched alkanes of at least 4 members (excludes halogenated alkanes) is 2. The Kier molecular flexibility index (Phi) is 11.2. The third kappa shape index (κ3) is 10.0. The summed E-state index contributed by atoms with van der Waals surface area (Å²) in [6.07, 6.45) is 5.39. The highest BCUT2D eigenvalue weighted by atomic mass is 79.9. The summed E-state index contributed by atoms with van der Waals surface area (Å²) in [4.78, 5) is 31.5. The Bertz CT molecular complexity index is 1070. The fourth-order valence-corrected chi connectivity index (χ4v) is 3.70. The van der Waals surface area contributed by atoms with Crippen LogP contribution in [0.2, 0.25) is 0 Å². The van der Waals surface area contributed by atoms with E-state index >= 15 is 0 Å². The monoisotopic (exact) mass is 556 g/mol. The molecule has 2 rings (SSSR count). The van der Waals surface area contributed by atoms with Gasteiger partial charge in [0.15, 0.2) is 0 Å². The first-order valence-electron chi connectivity index (χ1n) is 10.7. The van der Waals surface area contributed by atoms with Crippen LogP contribution in [0.25, 0.3) is 0 Å². The maximum absolute atomic E-state index is 11.8. The number of amides is 1. The van der Waals surface area contributed by atoms with Gasteiger partial charge in [-0.05, 0) is 59.5 Å². The van der Waals surface area contributed by atoms with Crippen LogP contribution < -0.4 is 21.1 Å².